The molecule has 1 aromatic carbocycles. The van der Waals surface area contributed by atoms with Gasteiger partial charge in [0.1, 0.15) is 11.8 Å². The van der Waals surface area contributed by atoms with Crippen molar-refractivity contribution >= 4 is 35.0 Å². The largest absolute Gasteiger partial charge is 0.484 e. The summed E-state index contributed by atoms with van der Waals surface area (Å²) in [6.45, 7) is 0.102. The molecule has 1 fully saturated rings. The Kier molecular flexibility index (Phi) is 7.72. The lowest BCUT2D eigenvalue weighted by Gasteiger charge is -2.36. The van der Waals surface area contributed by atoms with Crippen molar-refractivity contribution in [3.05, 3.63) is 57.8 Å². The van der Waals surface area contributed by atoms with Gasteiger partial charge in [0.05, 0.1) is 27.8 Å². The van der Waals surface area contributed by atoms with Crippen molar-refractivity contribution in [2.24, 2.45) is 11.7 Å². The molecule has 9 heteroatoms. The molecular weight excluding hydrogens is 439 g/mol. The Bertz CT molecular complexity index is 983. The summed E-state index contributed by atoms with van der Waals surface area (Å²) in [6, 6.07) is 10.2. The number of primary amides is 1. The Morgan fingerprint density at radius 1 is 1.16 bits per heavy atom. The molecule has 2 N–H and O–H groups in total. The van der Waals surface area contributed by atoms with Gasteiger partial charge in [0.2, 0.25) is 5.91 Å². The fourth-order valence-electron chi connectivity index (χ4n) is 3.65. The van der Waals surface area contributed by atoms with Crippen molar-refractivity contribution in [2.75, 3.05) is 6.61 Å². The molecule has 0 saturated heterocycles. The van der Waals surface area contributed by atoms with E-state index in [1.165, 1.54) is 6.20 Å². The highest BCUT2D eigenvalue weighted by atomic mass is 35.5. The minimum atomic E-state index is -0.298. The smallest absolute Gasteiger partial charge is 0.261 e. The Balaban J connectivity index is 1.72. The zero-order valence-electron chi connectivity index (χ0n) is 16.8. The summed E-state index contributed by atoms with van der Waals surface area (Å²) >= 11 is 11.9. The molecular formula is C22H22Cl2N4O3. The lowest BCUT2D eigenvalue weighted by atomic mass is 9.85. The average molecular weight is 461 g/mol. The van der Waals surface area contributed by atoms with E-state index in [9.17, 15) is 9.59 Å². The van der Waals surface area contributed by atoms with Gasteiger partial charge in [-0.2, -0.15) is 5.26 Å². The van der Waals surface area contributed by atoms with E-state index in [2.05, 4.69) is 4.98 Å². The van der Waals surface area contributed by atoms with E-state index in [1.807, 2.05) is 6.07 Å². The number of ether oxygens (including phenoxy) is 1. The molecule has 0 atom stereocenters. The molecule has 2 amide bonds. The van der Waals surface area contributed by atoms with Gasteiger partial charge in [-0.1, -0.05) is 23.2 Å². The molecule has 0 radical (unpaired) electrons. The third kappa shape index (κ3) is 6.09. The monoisotopic (exact) mass is 460 g/mol. The molecule has 1 heterocycles. The predicted molar refractivity (Wildman–Crippen MR) is 116 cm³/mol. The number of amides is 2. The first-order chi connectivity index (χ1) is 14.9. The zero-order valence-corrected chi connectivity index (χ0v) is 18.3. The lowest BCUT2D eigenvalue weighted by molar-refractivity contribution is -0.137. The summed E-state index contributed by atoms with van der Waals surface area (Å²) in [5.74, 6) is -0.224. The summed E-state index contributed by atoms with van der Waals surface area (Å²) in [5.41, 5.74) is 6.55. The van der Waals surface area contributed by atoms with Crippen LogP contribution in [0.25, 0.3) is 0 Å². The van der Waals surface area contributed by atoms with Gasteiger partial charge < -0.3 is 15.4 Å². The maximum Gasteiger partial charge on any atom is 0.261 e. The number of nitrogens with zero attached hydrogens (tertiary/aromatic N) is 3. The number of benzene rings is 1. The highest BCUT2D eigenvalue weighted by molar-refractivity contribution is 6.42. The van der Waals surface area contributed by atoms with Crippen LogP contribution in [0.4, 0.5) is 0 Å². The van der Waals surface area contributed by atoms with E-state index in [4.69, 9.17) is 38.9 Å². The van der Waals surface area contributed by atoms with Gasteiger partial charge in [0.15, 0.2) is 6.61 Å². The quantitative estimate of drug-likeness (QED) is 0.676. The number of aromatic nitrogens is 1. The Labute approximate surface area is 190 Å². The molecule has 1 saturated carbocycles. The fraction of sp³-hybridized carbons (Fsp3) is 0.364. The number of pyridine rings is 1. The van der Waals surface area contributed by atoms with Crippen LogP contribution in [0, 0.1) is 17.2 Å². The van der Waals surface area contributed by atoms with Crippen LogP contribution < -0.4 is 10.5 Å². The summed E-state index contributed by atoms with van der Waals surface area (Å²) < 4.78 is 5.64. The van der Waals surface area contributed by atoms with Gasteiger partial charge in [0.25, 0.3) is 5.91 Å². The molecule has 0 bridgehead atoms. The Morgan fingerprint density at radius 2 is 1.90 bits per heavy atom. The zero-order chi connectivity index (χ0) is 22.4. The Hall–Kier alpha value is -2.82. The van der Waals surface area contributed by atoms with Crippen molar-refractivity contribution in [2.45, 2.75) is 38.3 Å². The molecule has 1 aromatic heterocycles. The lowest BCUT2D eigenvalue weighted by Crippen LogP contribution is -2.45. The maximum absolute atomic E-state index is 13.1. The summed E-state index contributed by atoms with van der Waals surface area (Å²) in [6.07, 6.45) is 4.09. The van der Waals surface area contributed by atoms with Gasteiger partial charge in [0, 0.05) is 24.2 Å². The van der Waals surface area contributed by atoms with E-state index in [-0.39, 0.29) is 36.9 Å². The fourth-order valence-corrected chi connectivity index (χ4v) is 3.93. The summed E-state index contributed by atoms with van der Waals surface area (Å²) in [4.78, 5) is 30.6. The second-order valence-corrected chi connectivity index (χ2v) is 8.26. The van der Waals surface area contributed by atoms with E-state index >= 15 is 0 Å². The maximum atomic E-state index is 13.1. The topological polar surface area (TPSA) is 109 Å². The van der Waals surface area contributed by atoms with E-state index in [0.29, 0.717) is 52.7 Å². The third-order valence-electron chi connectivity index (χ3n) is 5.40. The van der Waals surface area contributed by atoms with Crippen molar-refractivity contribution in [3.63, 3.8) is 0 Å². The normalized spacial score (nSPS) is 18.1. The SMILES string of the molecule is N#Cc1ccc(CN(C(=O)COc2ccc(Cl)c(Cl)c2)C2CCC(C(N)=O)CC2)nc1. The van der Waals surface area contributed by atoms with Crippen LogP contribution >= 0.6 is 23.2 Å². The van der Waals surface area contributed by atoms with E-state index in [0.717, 1.165) is 0 Å². The summed E-state index contributed by atoms with van der Waals surface area (Å²) in [7, 11) is 0. The second kappa shape index (κ2) is 10.5. The van der Waals surface area contributed by atoms with Crippen molar-refractivity contribution < 1.29 is 14.3 Å². The molecule has 31 heavy (non-hydrogen) atoms. The number of carbonyl (C=O) groups is 2. The highest BCUT2D eigenvalue weighted by Crippen LogP contribution is 2.29. The number of nitriles is 1. The first kappa shape index (κ1) is 22.9. The average Bonchev–Trinajstić information content (AvgIpc) is 2.78. The molecule has 1 aliphatic rings. The first-order valence-electron chi connectivity index (χ1n) is 9.89. The first-order valence-corrected chi connectivity index (χ1v) is 10.6. The van der Waals surface area contributed by atoms with E-state index in [1.54, 1.807) is 35.2 Å². The van der Waals surface area contributed by atoms with Gasteiger partial charge >= 0.3 is 0 Å². The molecule has 0 spiro atoms. The number of halogens is 2. The molecule has 1 aliphatic carbocycles. The third-order valence-corrected chi connectivity index (χ3v) is 6.14. The molecule has 0 unspecified atom stereocenters. The standard InChI is InChI=1S/C22H22Cl2N4O3/c23-19-8-7-18(9-20(19)24)31-13-21(29)28(12-16-4-1-14(10-25)11-27-16)17-5-2-15(3-6-17)22(26)30/h1,4,7-9,11,15,17H,2-3,5-6,12-13H2,(H2,26,30). The van der Waals surface area contributed by atoms with Crippen LogP contribution in [-0.2, 0) is 16.1 Å². The number of hydrogen-bond acceptors (Lipinski definition) is 5. The number of carbonyl (C=O) groups excluding carboxylic acids is 2. The second-order valence-electron chi connectivity index (χ2n) is 7.44. The Morgan fingerprint density at radius 3 is 2.48 bits per heavy atom. The number of nitrogens with two attached hydrogens (primary N) is 1. The molecule has 2 aromatic rings. The molecule has 7 nitrogen and oxygen atoms in total. The van der Waals surface area contributed by atoms with Crippen LogP contribution in [0.15, 0.2) is 36.5 Å². The molecule has 0 aliphatic heterocycles. The number of hydrogen-bond donors (Lipinski definition) is 1. The van der Waals surface area contributed by atoms with Crippen molar-refractivity contribution in [1.82, 2.24) is 9.88 Å². The predicted octanol–water partition coefficient (Wildman–Crippen LogP) is 3.71. The van der Waals surface area contributed by atoms with Gasteiger partial charge in [-0.15, -0.1) is 0 Å². The summed E-state index contributed by atoms with van der Waals surface area (Å²) in [5, 5.41) is 9.71. The van der Waals surface area contributed by atoms with Crippen molar-refractivity contribution in [1.29, 1.82) is 5.26 Å². The van der Waals surface area contributed by atoms with Crippen LogP contribution in [0.3, 0.4) is 0 Å². The van der Waals surface area contributed by atoms with Gasteiger partial charge in [-0.05, 0) is 49.9 Å². The van der Waals surface area contributed by atoms with Gasteiger partial charge in [-0.25, -0.2) is 0 Å². The minimum absolute atomic E-state index is 0.0575. The molecule has 162 valence electrons. The van der Waals surface area contributed by atoms with Gasteiger partial charge in [-0.3, -0.25) is 14.6 Å². The van der Waals surface area contributed by atoms with Crippen LogP contribution in [0.5, 0.6) is 5.75 Å². The van der Waals surface area contributed by atoms with Crippen molar-refractivity contribution in [3.8, 4) is 11.8 Å². The van der Waals surface area contributed by atoms with Crippen LogP contribution in [0.2, 0.25) is 10.0 Å². The van der Waals surface area contributed by atoms with Crippen LogP contribution in [0.1, 0.15) is 36.9 Å². The minimum Gasteiger partial charge on any atom is -0.484 e. The molecule has 3 rings (SSSR count). The number of rotatable bonds is 7. The van der Waals surface area contributed by atoms with E-state index < -0.39 is 0 Å². The highest BCUT2D eigenvalue weighted by Gasteiger charge is 2.31. The van der Waals surface area contributed by atoms with Crippen LogP contribution in [-0.4, -0.2) is 34.3 Å².